The SMILES string of the molecule is C#CCNC(C(=O)O)(C(C)C)C(C)c1cccc(Oc2ccccc2)n1. The summed E-state index contributed by atoms with van der Waals surface area (Å²) in [5.74, 6) is 1.97. The van der Waals surface area contributed by atoms with Gasteiger partial charge in [0.2, 0.25) is 5.88 Å². The van der Waals surface area contributed by atoms with Crippen LogP contribution in [0.5, 0.6) is 11.6 Å². The smallest absolute Gasteiger partial charge is 0.324 e. The highest BCUT2D eigenvalue weighted by Crippen LogP contribution is 2.34. The second-order valence-corrected chi connectivity index (χ2v) is 6.42. The summed E-state index contributed by atoms with van der Waals surface area (Å²) < 4.78 is 5.77. The fourth-order valence-electron chi connectivity index (χ4n) is 3.13. The van der Waals surface area contributed by atoms with Crippen molar-refractivity contribution in [3.63, 3.8) is 0 Å². The number of hydrogen-bond donors (Lipinski definition) is 2. The maximum absolute atomic E-state index is 12.2. The van der Waals surface area contributed by atoms with Gasteiger partial charge < -0.3 is 9.84 Å². The van der Waals surface area contributed by atoms with Gasteiger partial charge in [-0.1, -0.05) is 51.0 Å². The molecule has 0 spiro atoms. The van der Waals surface area contributed by atoms with Gasteiger partial charge in [0.25, 0.3) is 0 Å². The number of nitrogens with zero attached hydrogens (tertiary/aromatic N) is 1. The van der Waals surface area contributed by atoms with Gasteiger partial charge in [-0.05, 0) is 24.1 Å². The number of aliphatic carboxylic acids is 1. The third kappa shape index (κ3) is 4.04. The predicted octanol–water partition coefficient (Wildman–Crippen LogP) is 3.68. The van der Waals surface area contributed by atoms with Crippen molar-refractivity contribution in [1.29, 1.82) is 0 Å². The van der Waals surface area contributed by atoms with E-state index in [4.69, 9.17) is 11.2 Å². The quantitative estimate of drug-likeness (QED) is 0.709. The van der Waals surface area contributed by atoms with Crippen LogP contribution in [0.3, 0.4) is 0 Å². The van der Waals surface area contributed by atoms with E-state index >= 15 is 0 Å². The van der Waals surface area contributed by atoms with Gasteiger partial charge in [0.1, 0.15) is 11.3 Å². The van der Waals surface area contributed by atoms with Gasteiger partial charge >= 0.3 is 5.97 Å². The molecule has 2 atom stereocenters. The number of rotatable bonds is 8. The summed E-state index contributed by atoms with van der Waals surface area (Å²) in [5, 5.41) is 13.0. The first kappa shape index (κ1) is 19.5. The molecule has 0 aliphatic heterocycles. The standard InChI is InChI=1S/C21H24N2O3/c1-5-14-22-21(15(2)3,20(24)25)16(4)18-12-9-13-19(23-18)26-17-10-7-6-8-11-17/h1,6-13,15-16,22H,14H2,2-4H3,(H,24,25). The number of benzene rings is 1. The van der Waals surface area contributed by atoms with Crippen LogP contribution in [0.25, 0.3) is 0 Å². The molecule has 5 heteroatoms. The average Bonchev–Trinajstić information content (AvgIpc) is 2.62. The van der Waals surface area contributed by atoms with Gasteiger partial charge in [0.15, 0.2) is 0 Å². The Kier molecular flexibility index (Phi) is 6.37. The largest absolute Gasteiger partial charge is 0.480 e. The Morgan fingerprint density at radius 2 is 1.92 bits per heavy atom. The van der Waals surface area contributed by atoms with Gasteiger partial charge in [0.05, 0.1) is 6.54 Å². The second kappa shape index (κ2) is 8.50. The maximum Gasteiger partial charge on any atom is 0.324 e. The van der Waals surface area contributed by atoms with Crippen molar-refractivity contribution in [2.24, 2.45) is 5.92 Å². The molecule has 0 amide bonds. The van der Waals surface area contributed by atoms with E-state index in [1.54, 1.807) is 12.1 Å². The van der Waals surface area contributed by atoms with Crippen LogP contribution >= 0.6 is 0 Å². The highest BCUT2D eigenvalue weighted by Gasteiger charge is 2.47. The molecule has 5 nitrogen and oxygen atoms in total. The van der Waals surface area contributed by atoms with Crippen LogP contribution in [0.1, 0.15) is 32.4 Å². The molecule has 2 aromatic rings. The predicted molar refractivity (Wildman–Crippen MR) is 101 cm³/mol. The van der Waals surface area contributed by atoms with E-state index in [1.807, 2.05) is 57.2 Å². The second-order valence-electron chi connectivity index (χ2n) is 6.42. The number of carboxylic acids is 1. The van der Waals surface area contributed by atoms with E-state index in [0.29, 0.717) is 17.3 Å². The lowest BCUT2D eigenvalue weighted by Gasteiger charge is -2.39. The minimum atomic E-state index is -1.23. The van der Waals surface area contributed by atoms with Crippen LogP contribution in [0, 0.1) is 18.3 Å². The molecule has 0 radical (unpaired) electrons. The molecule has 2 unspecified atom stereocenters. The van der Waals surface area contributed by atoms with Gasteiger partial charge in [-0.3, -0.25) is 10.1 Å². The van der Waals surface area contributed by atoms with Gasteiger partial charge in [0, 0.05) is 17.7 Å². The zero-order valence-electron chi connectivity index (χ0n) is 15.3. The van der Waals surface area contributed by atoms with Gasteiger partial charge in [-0.25, -0.2) is 4.98 Å². The van der Waals surface area contributed by atoms with E-state index < -0.39 is 17.4 Å². The third-order valence-corrected chi connectivity index (χ3v) is 4.58. The molecular formula is C21H24N2O3. The third-order valence-electron chi connectivity index (χ3n) is 4.58. The van der Waals surface area contributed by atoms with Crippen molar-refractivity contribution in [3.8, 4) is 24.0 Å². The molecule has 1 aromatic heterocycles. The number of pyridine rings is 1. The molecule has 2 N–H and O–H groups in total. The van der Waals surface area contributed by atoms with Crippen molar-refractivity contribution in [2.45, 2.75) is 32.2 Å². The summed E-state index contributed by atoms with van der Waals surface area (Å²) in [5.41, 5.74) is -0.607. The van der Waals surface area contributed by atoms with Crippen molar-refractivity contribution < 1.29 is 14.6 Å². The lowest BCUT2D eigenvalue weighted by Crippen LogP contribution is -2.59. The first-order chi connectivity index (χ1) is 12.4. The fourth-order valence-corrected chi connectivity index (χ4v) is 3.13. The molecule has 2 rings (SSSR count). The topological polar surface area (TPSA) is 71.5 Å². The van der Waals surface area contributed by atoms with Crippen LogP contribution in [0.15, 0.2) is 48.5 Å². The number of carbonyl (C=O) groups is 1. The van der Waals surface area contributed by atoms with E-state index in [-0.39, 0.29) is 12.5 Å². The highest BCUT2D eigenvalue weighted by atomic mass is 16.5. The average molecular weight is 352 g/mol. The molecule has 0 aliphatic rings. The van der Waals surface area contributed by atoms with Gasteiger partial charge in [-0.2, -0.15) is 0 Å². The highest BCUT2D eigenvalue weighted by molar-refractivity contribution is 5.80. The normalized spacial score (nSPS) is 14.3. The van der Waals surface area contributed by atoms with E-state index in [2.05, 4.69) is 16.2 Å². The molecule has 1 heterocycles. The van der Waals surface area contributed by atoms with Crippen LogP contribution < -0.4 is 10.1 Å². The number of para-hydroxylation sites is 1. The minimum Gasteiger partial charge on any atom is -0.480 e. The summed E-state index contributed by atoms with van der Waals surface area (Å²) in [4.78, 5) is 16.7. The Bertz CT molecular complexity index is 783. The van der Waals surface area contributed by atoms with Crippen molar-refractivity contribution in [1.82, 2.24) is 10.3 Å². The molecule has 136 valence electrons. The molecule has 0 saturated carbocycles. The summed E-state index contributed by atoms with van der Waals surface area (Å²) >= 11 is 0. The number of carboxylic acid groups (broad SMARTS) is 1. The Labute approximate surface area is 154 Å². The number of nitrogens with one attached hydrogen (secondary N) is 1. The number of hydrogen-bond acceptors (Lipinski definition) is 4. The monoisotopic (exact) mass is 352 g/mol. The summed E-state index contributed by atoms with van der Waals surface area (Å²) in [7, 11) is 0. The van der Waals surface area contributed by atoms with Crippen LogP contribution in [-0.2, 0) is 4.79 Å². The number of terminal acetylenes is 1. The van der Waals surface area contributed by atoms with E-state index in [1.165, 1.54) is 0 Å². The molecule has 0 fully saturated rings. The minimum absolute atomic E-state index is 0.162. The first-order valence-corrected chi connectivity index (χ1v) is 8.53. The van der Waals surface area contributed by atoms with Crippen molar-refractivity contribution in [2.75, 3.05) is 6.54 Å². The summed E-state index contributed by atoms with van der Waals surface area (Å²) in [6, 6.07) is 14.7. The Hall–Kier alpha value is -2.84. The molecule has 0 aliphatic carbocycles. The van der Waals surface area contributed by atoms with Crippen LogP contribution in [-0.4, -0.2) is 28.1 Å². The maximum atomic E-state index is 12.2. The Morgan fingerprint density at radius 3 is 2.50 bits per heavy atom. The lowest BCUT2D eigenvalue weighted by atomic mass is 9.74. The zero-order valence-corrected chi connectivity index (χ0v) is 15.3. The molecule has 26 heavy (non-hydrogen) atoms. The molecular weight excluding hydrogens is 328 g/mol. The van der Waals surface area contributed by atoms with E-state index in [0.717, 1.165) is 0 Å². The summed E-state index contributed by atoms with van der Waals surface area (Å²) in [6.07, 6.45) is 5.34. The van der Waals surface area contributed by atoms with Crippen molar-refractivity contribution >= 4 is 5.97 Å². The van der Waals surface area contributed by atoms with Crippen LogP contribution in [0.2, 0.25) is 0 Å². The number of aromatic nitrogens is 1. The molecule has 0 bridgehead atoms. The Morgan fingerprint density at radius 1 is 1.23 bits per heavy atom. The molecule has 0 saturated heterocycles. The first-order valence-electron chi connectivity index (χ1n) is 8.53. The lowest BCUT2D eigenvalue weighted by molar-refractivity contribution is -0.148. The number of ether oxygens (including phenoxy) is 1. The zero-order chi connectivity index (χ0) is 19.2. The Balaban J connectivity index is 2.36. The summed E-state index contributed by atoms with van der Waals surface area (Å²) in [6.45, 7) is 5.72. The van der Waals surface area contributed by atoms with Gasteiger partial charge in [-0.15, -0.1) is 6.42 Å². The van der Waals surface area contributed by atoms with E-state index in [9.17, 15) is 9.90 Å². The molecule has 1 aromatic carbocycles. The fraction of sp³-hybridized carbons (Fsp3) is 0.333. The van der Waals surface area contributed by atoms with Crippen molar-refractivity contribution in [3.05, 3.63) is 54.2 Å². The van der Waals surface area contributed by atoms with Crippen LogP contribution in [0.4, 0.5) is 0 Å².